The summed E-state index contributed by atoms with van der Waals surface area (Å²) in [4.78, 5) is 9.29. The van der Waals surface area contributed by atoms with Crippen molar-refractivity contribution < 1.29 is 8.81 Å². The number of nitrogens with zero attached hydrogens (tertiary/aromatic N) is 3. The Hall–Kier alpha value is -3.38. The van der Waals surface area contributed by atoms with Gasteiger partial charge in [-0.3, -0.25) is 0 Å². The monoisotopic (exact) mass is 402 g/mol. The molecule has 4 aromatic rings. The molecule has 2 heterocycles. The van der Waals surface area contributed by atoms with E-state index in [0.717, 1.165) is 48.5 Å². The number of hydrogen-bond donors (Lipinski definition) is 1. The van der Waals surface area contributed by atoms with Crippen LogP contribution in [0.5, 0.6) is 0 Å². The number of aromatic nitrogens is 1. The number of nitrogens with one attached hydrogen (secondary N) is 1. The van der Waals surface area contributed by atoms with E-state index in [4.69, 9.17) is 4.42 Å². The summed E-state index contributed by atoms with van der Waals surface area (Å²) in [7, 11) is 2.16. The first-order chi connectivity index (χ1) is 14.7. The maximum atomic E-state index is 13.7. The van der Waals surface area contributed by atoms with Gasteiger partial charge in [-0.15, -0.1) is 0 Å². The molecule has 30 heavy (non-hydrogen) atoms. The Kier molecular flexibility index (Phi) is 4.85. The molecule has 0 amide bonds. The molecule has 0 saturated carbocycles. The first-order valence-electron chi connectivity index (χ1n) is 10.1. The topological polar surface area (TPSA) is 44.5 Å². The lowest BCUT2D eigenvalue weighted by atomic mass is 10.0. The smallest absolute Gasteiger partial charge is 0.300 e. The third-order valence-electron chi connectivity index (χ3n) is 5.54. The van der Waals surface area contributed by atoms with Gasteiger partial charge in [0.1, 0.15) is 11.3 Å². The number of benzene rings is 3. The Balaban J connectivity index is 1.38. The Morgan fingerprint density at radius 3 is 2.47 bits per heavy atom. The Morgan fingerprint density at radius 2 is 1.70 bits per heavy atom. The third kappa shape index (κ3) is 3.74. The summed E-state index contributed by atoms with van der Waals surface area (Å²) in [5.74, 6) is -0.275. The lowest BCUT2D eigenvalue weighted by molar-refractivity contribution is 0.313. The molecule has 0 bridgehead atoms. The number of para-hydroxylation sites is 1. The first-order valence-corrected chi connectivity index (χ1v) is 10.1. The summed E-state index contributed by atoms with van der Waals surface area (Å²) in [5, 5.41) is 3.24. The normalized spacial score (nSPS) is 14.9. The van der Waals surface area contributed by atoms with Crippen LogP contribution in [0.3, 0.4) is 0 Å². The van der Waals surface area contributed by atoms with E-state index in [0.29, 0.717) is 11.6 Å². The van der Waals surface area contributed by atoms with E-state index >= 15 is 0 Å². The first kappa shape index (κ1) is 18.6. The molecule has 1 N–H and O–H groups in total. The zero-order valence-electron chi connectivity index (χ0n) is 16.8. The fraction of sp³-hybridized carbons (Fsp3) is 0.208. The summed E-state index contributed by atoms with van der Waals surface area (Å²) in [5.41, 5.74) is 5.08. The Bertz CT molecular complexity index is 1160. The average molecular weight is 402 g/mol. The van der Waals surface area contributed by atoms with Gasteiger partial charge in [0.2, 0.25) is 0 Å². The molecule has 0 atom stereocenters. The lowest BCUT2D eigenvalue weighted by Crippen LogP contribution is -2.44. The molecule has 0 spiro atoms. The van der Waals surface area contributed by atoms with Gasteiger partial charge in [0.05, 0.1) is 0 Å². The number of rotatable bonds is 4. The molecule has 1 saturated heterocycles. The van der Waals surface area contributed by atoms with Crippen molar-refractivity contribution in [2.24, 2.45) is 0 Å². The maximum Gasteiger partial charge on any atom is 0.300 e. The Morgan fingerprint density at radius 1 is 0.933 bits per heavy atom. The van der Waals surface area contributed by atoms with Gasteiger partial charge in [0.15, 0.2) is 5.58 Å². The number of fused-ring (bicyclic) bond motifs is 1. The van der Waals surface area contributed by atoms with E-state index in [2.05, 4.69) is 39.3 Å². The quantitative estimate of drug-likeness (QED) is 0.513. The summed E-state index contributed by atoms with van der Waals surface area (Å²) < 4.78 is 19.7. The molecule has 0 unspecified atom stereocenters. The molecule has 0 radical (unpaired) electrons. The van der Waals surface area contributed by atoms with Crippen LogP contribution in [-0.4, -0.2) is 43.1 Å². The van der Waals surface area contributed by atoms with Crippen LogP contribution in [0.4, 0.5) is 21.8 Å². The molecular weight excluding hydrogens is 379 g/mol. The highest BCUT2D eigenvalue weighted by Gasteiger charge is 2.15. The zero-order chi connectivity index (χ0) is 20.5. The van der Waals surface area contributed by atoms with Crippen molar-refractivity contribution in [1.82, 2.24) is 9.88 Å². The Labute approximate surface area is 174 Å². The van der Waals surface area contributed by atoms with Crippen LogP contribution in [0.15, 0.2) is 71.1 Å². The second-order valence-corrected chi connectivity index (χ2v) is 7.65. The van der Waals surface area contributed by atoms with Crippen molar-refractivity contribution in [3.05, 3.63) is 72.5 Å². The van der Waals surface area contributed by atoms with Gasteiger partial charge in [-0.05, 0) is 55.1 Å². The number of piperazine rings is 1. The number of oxazole rings is 1. The summed E-state index contributed by atoms with van der Waals surface area (Å²) in [6, 6.07) is 20.9. The summed E-state index contributed by atoms with van der Waals surface area (Å²) in [6.45, 7) is 4.24. The highest BCUT2D eigenvalue weighted by Crippen LogP contribution is 2.32. The van der Waals surface area contributed by atoms with E-state index in [1.807, 2.05) is 36.4 Å². The van der Waals surface area contributed by atoms with Gasteiger partial charge < -0.3 is 19.5 Å². The van der Waals surface area contributed by atoms with Crippen LogP contribution < -0.4 is 10.2 Å². The van der Waals surface area contributed by atoms with Gasteiger partial charge in [-0.1, -0.05) is 24.3 Å². The predicted molar refractivity (Wildman–Crippen MR) is 119 cm³/mol. The van der Waals surface area contributed by atoms with E-state index in [1.54, 1.807) is 6.07 Å². The minimum Gasteiger partial charge on any atom is -0.423 e. The maximum absolute atomic E-state index is 13.7. The molecule has 1 aliphatic heterocycles. The predicted octanol–water partition coefficient (Wildman–Crippen LogP) is 5.13. The number of halogens is 1. The molecule has 152 valence electrons. The second-order valence-electron chi connectivity index (χ2n) is 7.65. The fourth-order valence-electron chi connectivity index (χ4n) is 3.83. The molecule has 1 fully saturated rings. The van der Waals surface area contributed by atoms with Gasteiger partial charge >= 0.3 is 0 Å². The lowest BCUT2D eigenvalue weighted by Gasteiger charge is -2.34. The number of hydrogen-bond acceptors (Lipinski definition) is 5. The van der Waals surface area contributed by atoms with Crippen molar-refractivity contribution in [3.8, 4) is 11.1 Å². The van der Waals surface area contributed by atoms with E-state index in [1.165, 1.54) is 17.8 Å². The van der Waals surface area contributed by atoms with Crippen LogP contribution in [0.1, 0.15) is 0 Å². The molecule has 1 aromatic heterocycles. The van der Waals surface area contributed by atoms with Crippen LogP contribution in [-0.2, 0) is 0 Å². The third-order valence-corrected chi connectivity index (χ3v) is 5.54. The fourth-order valence-corrected chi connectivity index (χ4v) is 3.83. The van der Waals surface area contributed by atoms with Crippen LogP contribution in [0.2, 0.25) is 0 Å². The summed E-state index contributed by atoms with van der Waals surface area (Å²) in [6.07, 6.45) is 0. The van der Waals surface area contributed by atoms with Crippen LogP contribution in [0, 0.1) is 5.82 Å². The van der Waals surface area contributed by atoms with E-state index in [9.17, 15) is 4.39 Å². The highest BCUT2D eigenvalue weighted by molar-refractivity contribution is 5.91. The standard InChI is InChI=1S/C24H23FN4O/c1-28-12-14-29(15-13-28)20-10-8-19(9-11-20)26-24-27-22-7-3-6-21(23(22)30-24)17-4-2-5-18(25)16-17/h2-11,16H,12-15H2,1H3,(H,26,27). The largest absolute Gasteiger partial charge is 0.423 e. The number of anilines is 3. The molecule has 6 heteroatoms. The SMILES string of the molecule is CN1CCN(c2ccc(Nc3nc4cccc(-c5cccc(F)c5)c4o3)cc2)CC1. The molecule has 3 aromatic carbocycles. The van der Waals surface area contributed by atoms with Gasteiger partial charge in [0, 0.05) is 43.1 Å². The molecule has 5 rings (SSSR count). The highest BCUT2D eigenvalue weighted by atomic mass is 19.1. The molecular formula is C24H23FN4O. The van der Waals surface area contributed by atoms with Gasteiger partial charge in [0.25, 0.3) is 6.01 Å². The van der Waals surface area contributed by atoms with E-state index in [-0.39, 0.29) is 5.82 Å². The molecule has 5 nitrogen and oxygen atoms in total. The van der Waals surface area contributed by atoms with E-state index < -0.39 is 0 Å². The molecule has 1 aliphatic rings. The minimum absolute atomic E-state index is 0.275. The van der Waals surface area contributed by atoms with Crippen molar-refractivity contribution in [2.75, 3.05) is 43.4 Å². The van der Waals surface area contributed by atoms with Gasteiger partial charge in [-0.25, -0.2) is 4.39 Å². The summed E-state index contributed by atoms with van der Waals surface area (Å²) >= 11 is 0. The molecule has 0 aliphatic carbocycles. The minimum atomic E-state index is -0.275. The van der Waals surface area contributed by atoms with Crippen molar-refractivity contribution >= 4 is 28.5 Å². The average Bonchev–Trinajstić information content (AvgIpc) is 3.17. The van der Waals surface area contributed by atoms with Crippen LogP contribution in [0.25, 0.3) is 22.2 Å². The van der Waals surface area contributed by atoms with Crippen molar-refractivity contribution in [3.63, 3.8) is 0 Å². The van der Waals surface area contributed by atoms with Crippen LogP contribution >= 0.6 is 0 Å². The zero-order valence-corrected chi connectivity index (χ0v) is 16.8. The van der Waals surface area contributed by atoms with Gasteiger partial charge in [-0.2, -0.15) is 4.98 Å². The van der Waals surface area contributed by atoms with Crippen molar-refractivity contribution in [2.45, 2.75) is 0 Å². The number of likely N-dealkylation sites (N-methyl/N-ethyl adjacent to an activating group) is 1. The second kappa shape index (κ2) is 7.80. The van der Waals surface area contributed by atoms with Crippen molar-refractivity contribution in [1.29, 1.82) is 0 Å².